The van der Waals surface area contributed by atoms with Gasteiger partial charge in [-0.15, -0.1) is 0 Å². The van der Waals surface area contributed by atoms with Crippen molar-refractivity contribution < 1.29 is 9.90 Å². The van der Waals surface area contributed by atoms with Crippen molar-refractivity contribution in [1.29, 1.82) is 0 Å². The highest BCUT2D eigenvalue weighted by Gasteiger charge is 2.34. The smallest absolute Gasteiger partial charge is 0.306 e. The van der Waals surface area contributed by atoms with Crippen molar-refractivity contribution in [3.63, 3.8) is 0 Å². The molecule has 1 aliphatic rings. The van der Waals surface area contributed by atoms with Crippen LogP contribution in [0.3, 0.4) is 0 Å². The molecule has 0 aromatic heterocycles. The molecule has 0 radical (unpaired) electrons. The molecule has 1 aliphatic carbocycles. The Labute approximate surface area is 67.6 Å². The van der Waals surface area contributed by atoms with E-state index in [9.17, 15) is 4.79 Å². The summed E-state index contributed by atoms with van der Waals surface area (Å²) in [7, 11) is 0. The fourth-order valence-electron chi connectivity index (χ4n) is 2.09. The highest BCUT2D eigenvalue weighted by atomic mass is 16.4. The van der Waals surface area contributed by atoms with Gasteiger partial charge in [0.15, 0.2) is 0 Å². The number of carboxylic acids is 1. The normalized spacial score (nSPS) is 31.2. The van der Waals surface area contributed by atoms with Crippen molar-refractivity contribution >= 4 is 5.97 Å². The number of hydrogen-bond acceptors (Lipinski definition) is 1. The molecule has 2 atom stereocenters. The Morgan fingerprint density at radius 2 is 2.09 bits per heavy atom. The van der Waals surface area contributed by atoms with E-state index in [4.69, 9.17) is 5.11 Å². The lowest BCUT2D eigenvalue weighted by molar-refractivity contribution is -0.143. The third-order valence-electron chi connectivity index (χ3n) is 2.74. The third kappa shape index (κ3) is 1.73. The van der Waals surface area contributed by atoms with Crippen LogP contribution in [0.15, 0.2) is 0 Å². The van der Waals surface area contributed by atoms with Crippen molar-refractivity contribution in [1.82, 2.24) is 0 Å². The molecule has 1 N–H and O–H groups in total. The summed E-state index contributed by atoms with van der Waals surface area (Å²) >= 11 is 0. The predicted molar refractivity (Wildman–Crippen MR) is 43.3 cm³/mol. The number of hydrogen-bond donors (Lipinski definition) is 1. The lowest BCUT2D eigenvalue weighted by Gasteiger charge is -2.18. The van der Waals surface area contributed by atoms with Gasteiger partial charge in [-0.05, 0) is 24.7 Å². The molecule has 0 saturated heterocycles. The van der Waals surface area contributed by atoms with Crippen molar-refractivity contribution in [2.75, 3.05) is 0 Å². The van der Waals surface area contributed by atoms with Gasteiger partial charge in [0.1, 0.15) is 0 Å². The minimum absolute atomic E-state index is 0.0602. The second-order valence-electron chi connectivity index (χ2n) is 3.78. The molecule has 1 rings (SSSR count). The Morgan fingerprint density at radius 1 is 1.45 bits per heavy atom. The Hall–Kier alpha value is -0.530. The first-order valence-electron chi connectivity index (χ1n) is 4.35. The zero-order valence-electron chi connectivity index (χ0n) is 7.21. The molecule has 1 fully saturated rings. The Balaban J connectivity index is 2.58. The van der Waals surface area contributed by atoms with Crippen LogP contribution in [-0.2, 0) is 4.79 Å². The van der Waals surface area contributed by atoms with Crippen molar-refractivity contribution in [3.8, 4) is 0 Å². The Kier molecular flexibility index (Phi) is 2.53. The van der Waals surface area contributed by atoms with Gasteiger partial charge >= 0.3 is 5.97 Å². The average molecular weight is 156 g/mol. The lowest BCUT2D eigenvalue weighted by atomic mass is 9.86. The SMILES string of the molecule is CC(C)C1CCCC1C(=O)O. The largest absolute Gasteiger partial charge is 0.481 e. The first kappa shape index (κ1) is 8.57. The highest BCUT2D eigenvalue weighted by molar-refractivity contribution is 5.70. The molecule has 2 nitrogen and oxygen atoms in total. The maximum absolute atomic E-state index is 10.7. The summed E-state index contributed by atoms with van der Waals surface area (Å²) in [5.74, 6) is 0.294. The van der Waals surface area contributed by atoms with E-state index in [0.717, 1.165) is 19.3 Å². The van der Waals surface area contributed by atoms with Gasteiger partial charge in [-0.1, -0.05) is 20.3 Å². The summed E-state index contributed by atoms with van der Waals surface area (Å²) < 4.78 is 0. The summed E-state index contributed by atoms with van der Waals surface area (Å²) in [6, 6.07) is 0. The zero-order chi connectivity index (χ0) is 8.43. The maximum Gasteiger partial charge on any atom is 0.306 e. The van der Waals surface area contributed by atoms with Crippen molar-refractivity contribution in [2.24, 2.45) is 17.8 Å². The molecule has 1 saturated carbocycles. The lowest BCUT2D eigenvalue weighted by Crippen LogP contribution is -2.21. The summed E-state index contributed by atoms with van der Waals surface area (Å²) in [5, 5.41) is 8.83. The molecule has 0 aliphatic heterocycles. The fraction of sp³-hybridized carbons (Fsp3) is 0.889. The molecule has 2 heteroatoms. The summed E-state index contributed by atoms with van der Waals surface area (Å²) in [6.07, 6.45) is 3.09. The third-order valence-corrected chi connectivity index (χ3v) is 2.74. The molecule has 0 aromatic rings. The van der Waals surface area contributed by atoms with Crippen LogP contribution in [0.1, 0.15) is 33.1 Å². The van der Waals surface area contributed by atoms with E-state index in [1.807, 2.05) is 0 Å². The Morgan fingerprint density at radius 3 is 2.45 bits per heavy atom. The Bertz CT molecular complexity index is 152. The van der Waals surface area contributed by atoms with E-state index >= 15 is 0 Å². The van der Waals surface area contributed by atoms with Gasteiger partial charge in [0.2, 0.25) is 0 Å². The summed E-state index contributed by atoms with van der Waals surface area (Å²) in [5.41, 5.74) is 0. The predicted octanol–water partition coefficient (Wildman–Crippen LogP) is 2.14. The van der Waals surface area contributed by atoms with Gasteiger partial charge in [-0.2, -0.15) is 0 Å². The van der Waals surface area contributed by atoms with Gasteiger partial charge in [0.25, 0.3) is 0 Å². The van der Waals surface area contributed by atoms with E-state index in [-0.39, 0.29) is 5.92 Å². The van der Waals surface area contributed by atoms with Gasteiger partial charge in [0, 0.05) is 0 Å². The van der Waals surface area contributed by atoms with Crippen LogP contribution in [0.2, 0.25) is 0 Å². The first-order chi connectivity index (χ1) is 5.13. The average Bonchev–Trinajstić information content (AvgIpc) is 2.32. The molecule has 2 unspecified atom stereocenters. The summed E-state index contributed by atoms with van der Waals surface area (Å²) in [4.78, 5) is 10.7. The first-order valence-corrected chi connectivity index (χ1v) is 4.35. The van der Waals surface area contributed by atoms with Gasteiger partial charge in [-0.25, -0.2) is 0 Å². The van der Waals surface area contributed by atoms with Crippen LogP contribution in [0.4, 0.5) is 0 Å². The van der Waals surface area contributed by atoms with Crippen LogP contribution in [0.5, 0.6) is 0 Å². The van der Waals surface area contributed by atoms with E-state index < -0.39 is 5.97 Å². The molecular weight excluding hydrogens is 140 g/mol. The number of carbonyl (C=O) groups is 1. The highest BCUT2D eigenvalue weighted by Crippen LogP contribution is 2.36. The summed E-state index contributed by atoms with van der Waals surface area (Å²) in [6.45, 7) is 4.23. The fourth-order valence-corrected chi connectivity index (χ4v) is 2.09. The van der Waals surface area contributed by atoms with Crippen molar-refractivity contribution in [2.45, 2.75) is 33.1 Å². The molecular formula is C9H16O2. The maximum atomic E-state index is 10.7. The van der Waals surface area contributed by atoms with Crippen LogP contribution in [0.25, 0.3) is 0 Å². The molecule has 0 spiro atoms. The second kappa shape index (κ2) is 3.24. The van der Waals surface area contributed by atoms with E-state index in [1.54, 1.807) is 0 Å². The minimum atomic E-state index is -0.596. The molecule has 11 heavy (non-hydrogen) atoms. The second-order valence-corrected chi connectivity index (χ2v) is 3.78. The van der Waals surface area contributed by atoms with Gasteiger partial charge in [0.05, 0.1) is 5.92 Å². The van der Waals surface area contributed by atoms with Gasteiger partial charge in [-0.3, -0.25) is 4.79 Å². The molecule has 0 amide bonds. The van der Waals surface area contributed by atoms with E-state index in [2.05, 4.69) is 13.8 Å². The van der Waals surface area contributed by atoms with Crippen LogP contribution in [-0.4, -0.2) is 11.1 Å². The molecule has 64 valence electrons. The standard InChI is InChI=1S/C9H16O2/c1-6(2)7-4-3-5-8(7)9(10)11/h6-8H,3-5H2,1-2H3,(H,10,11). The molecule has 0 bridgehead atoms. The van der Waals surface area contributed by atoms with Crippen LogP contribution in [0, 0.1) is 17.8 Å². The monoisotopic (exact) mass is 156 g/mol. The van der Waals surface area contributed by atoms with Crippen LogP contribution < -0.4 is 0 Å². The number of aliphatic carboxylic acids is 1. The zero-order valence-corrected chi connectivity index (χ0v) is 7.21. The topological polar surface area (TPSA) is 37.3 Å². The quantitative estimate of drug-likeness (QED) is 0.665. The number of rotatable bonds is 2. The van der Waals surface area contributed by atoms with Crippen LogP contribution >= 0.6 is 0 Å². The molecule has 0 heterocycles. The minimum Gasteiger partial charge on any atom is -0.481 e. The van der Waals surface area contributed by atoms with Crippen molar-refractivity contribution in [3.05, 3.63) is 0 Å². The number of carboxylic acid groups (broad SMARTS) is 1. The molecule has 0 aromatic carbocycles. The van der Waals surface area contributed by atoms with E-state index in [0.29, 0.717) is 11.8 Å². The van der Waals surface area contributed by atoms with Gasteiger partial charge < -0.3 is 5.11 Å². The van der Waals surface area contributed by atoms with E-state index in [1.165, 1.54) is 0 Å².